The minimum Gasteiger partial charge on any atom is -0.311 e. The predicted octanol–water partition coefficient (Wildman–Crippen LogP) is 12.9. The molecule has 240 valence electrons. The van der Waals surface area contributed by atoms with Crippen LogP contribution in [-0.2, 0) is 0 Å². The van der Waals surface area contributed by atoms with Gasteiger partial charge in [0.2, 0.25) is 0 Å². The minimum atomic E-state index is 0.878. The molecule has 0 fully saturated rings. The largest absolute Gasteiger partial charge is 0.311 e. The van der Waals surface area contributed by atoms with Crippen LogP contribution in [0.1, 0.15) is 0 Å². The lowest BCUT2D eigenvalue weighted by atomic mass is 9.92. The molecule has 9 aromatic rings. The quantitative estimate of drug-likeness (QED) is 0.161. The zero-order valence-corrected chi connectivity index (χ0v) is 27.9. The molecule has 0 atom stereocenters. The summed E-state index contributed by atoms with van der Waals surface area (Å²) in [6, 6.07) is 70.2. The SMILES string of the molecule is c1ccc(-c2nc3ccc4ccc(-c5ccccc5-c5ccc(N(c6ccccc6)c6ccccc6)cc5)cc4c3nc2-c2ccccc2)cc1. The summed E-state index contributed by atoms with van der Waals surface area (Å²) >= 11 is 0. The molecule has 1 heterocycles. The van der Waals surface area contributed by atoms with Crippen molar-refractivity contribution in [1.29, 1.82) is 0 Å². The summed E-state index contributed by atoms with van der Waals surface area (Å²) in [5.41, 5.74) is 13.6. The molecule has 51 heavy (non-hydrogen) atoms. The fourth-order valence-corrected chi connectivity index (χ4v) is 6.98. The highest BCUT2D eigenvalue weighted by atomic mass is 15.1. The Labute approximate surface area is 297 Å². The van der Waals surface area contributed by atoms with Gasteiger partial charge in [-0.1, -0.05) is 152 Å². The molecule has 0 amide bonds. The number of hydrogen-bond acceptors (Lipinski definition) is 3. The van der Waals surface area contributed by atoms with E-state index in [-0.39, 0.29) is 0 Å². The average molecular weight is 652 g/mol. The first-order valence-corrected chi connectivity index (χ1v) is 17.3. The van der Waals surface area contributed by atoms with Crippen LogP contribution in [0.4, 0.5) is 17.1 Å². The zero-order chi connectivity index (χ0) is 34.0. The molecule has 9 rings (SSSR count). The average Bonchev–Trinajstić information content (AvgIpc) is 3.22. The number of aromatic nitrogens is 2. The van der Waals surface area contributed by atoms with Gasteiger partial charge in [0.25, 0.3) is 0 Å². The number of hydrogen-bond donors (Lipinski definition) is 0. The van der Waals surface area contributed by atoms with Crippen molar-refractivity contribution in [3.8, 4) is 44.8 Å². The topological polar surface area (TPSA) is 29.0 Å². The fourth-order valence-electron chi connectivity index (χ4n) is 6.98. The Morgan fingerprint density at radius 2 is 0.784 bits per heavy atom. The summed E-state index contributed by atoms with van der Waals surface area (Å²) in [5, 5.41) is 2.22. The number of rotatable bonds is 7. The minimum absolute atomic E-state index is 0.878. The van der Waals surface area contributed by atoms with Crippen molar-refractivity contribution in [3.63, 3.8) is 0 Å². The molecule has 0 spiro atoms. The lowest BCUT2D eigenvalue weighted by Gasteiger charge is -2.25. The van der Waals surface area contributed by atoms with Gasteiger partial charge in [-0.25, -0.2) is 9.97 Å². The molecule has 0 saturated heterocycles. The van der Waals surface area contributed by atoms with Crippen LogP contribution in [0.3, 0.4) is 0 Å². The van der Waals surface area contributed by atoms with Crippen molar-refractivity contribution < 1.29 is 0 Å². The molecule has 0 aliphatic heterocycles. The van der Waals surface area contributed by atoms with Gasteiger partial charge in [-0.3, -0.25) is 0 Å². The Morgan fingerprint density at radius 3 is 1.37 bits per heavy atom. The molecule has 8 aromatic carbocycles. The molecule has 0 unspecified atom stereocenters. The molecular weight excluding hydrogens is 619 g/mol. The molecule has 0 aliphatic carbocycles. The first-order chi connectivity index (χ1) is 25.3. The van der Waals surface area contributed by atoms with Gasteiger partial charge in [0.1, 0.15) is 0 Å². The molecule has 0 bridgehead atoms. The Kier molecular flexibility index (Phi) is 7.84. The third-order valence-electron chi connectivity index (χ3n) is 9.45. The van der Waals surface area contributed by atoms with Crippen molar-refractivity contribution >= 4 is 38.9 Å². The summed E-state index contributed by atoms with van der Waals surface area (Å²) < 4.78 is 0. The first-order valence-electron chi connectivity index (χ1n) is 17.3. The summed E-state index contributed by atoms with van der Waals surface area (Å²) in [6.45, 7) is 0. The second kappa shape index (κ2) is 13.2. The maximum Gasteiger partial charge on any atom is 0.0973 e. The lowest BCUT2D eigenvalue weighted by Crippen LogP contribution is -2.09. The number of nitrogens with zero attached hydrogens (tertiary/aromatic N) is 3. The predicted molar refractivity (Wildman–Crippen MR) is 213 cm³/mol. The Morgan fingerprint density at radius 1 is 0.333 bits per heavy atom. The van der Waals surface area contributed by atoms with Gasteiger partial charge in [0.05, 0.1) is 22.4 Å². The molecule has 0 N–H and O–H groups in total. The molecular formula is C48H33N3. The molecule has 0 radical (unpaired) electrons. The molecule has 3 nitrogen and oxygen atoms in total. The van der Waals surface area contributed by atoms with Gasteiger partial charge in [0, 0.05) is 33.6 Å². The van der Waals surface area contributed by atoms with Crippen molar-refractivity contribution in [3.05, 3.63) is 200 Å². The normalized spacial score (nSPS) is 11.1. The maximum atomic E-state index is 5.37. The lowest BCUT2D eigenvalue weighted by molar-refractivity contribution is 1.28. The number of anilines is 3. The van der Waals surface area contributed by atoms with Gasteiger partial charge < -0.3 is 4.90 Å². The van der Waals surface area contributed by atoms with E-state index in [0.717, 1.165) is 72.5 Å². The van der Waals surface area contributed by atoms with Crippen molar-refractivity contribution in [2.45, 2.75) is 0 Å². The van der Waals surface area contributed by atoms with Crippen LogP contribution in [-0.4, -0.2) is 9.97 Å². The van der Waals surface area contributed by atoms with Crippen LogP contribution in [0, 0.1) is 0 Å². The van der Waals surface area contributed by atoms with Crippen molar-refractivity contribution in [2.75, 3.05) is 4.90 Å². The van der Waals surface area contributed by atoms with Gasteiger partial charge >= 0.3 is 0 Å². The van der Waals surface area contributed by atoms with E-state index in [1.54, 1.807) is 0 Å². The number of fused-ring (bicyclic) bond motifs is 3. The van der Waals surface area contributed by atoms with Crippen LogP contribution in [0.15, 0.2) is 200 Å². The Bertz CT molecular complexity index is 2560. The summed E-state index contributed by atoms with van der Waals surface area (Å²) in [4.78, 5) is 12.9. The summed E-state index contributed by atoms with van der Waals surface area (Å²) in [5.74, 6) is 0. The van der Waals surface area contributed by atoms with Gasteiger partial charge in [-0.15, -0.1) is 0 Å². The molecule has 0 aliphatic rings. The molecule has 1 aromatic heterocycles. The van der Waals surface area contributed by atoms with Crippen LogP contribution in [0.2, 0.25) is 0 Å². The highest BCUT2D eigenvalue weighted by molar-refractivity contribution is 6.07. The Hall–Kier alpha value is -6.84. The van der Waals surface area contributed by atoms with E-state index in [0.29, 0.717) is 0 Å². The van der Waals surface area contributed by atoms with E-state index in [1.165, 1.54) is 11.1 Å². The summed E-state index contributed by atoms with van der Waals surface area (Å²) in [6.07, 6.45) is 0. The highest BCUT2D eigenvalue weighted by Gasteiger charge is 2.17. The van der Waals surface area contributed by atoms with Crippen LogP contribution >= 0.6 is 0 Å². The summed E-state index contributed by atoms with van der Waals surface area (Å²) in [7, 11) is 0. The van der Waals surface area contributed by atoms with E-state index < -0.39 is 0 Å². The van der Waals surface area contributed by atoms with Crippen LogP contribution in [0.25, 0.3) is 66.6 Å². The van der Waals surface area contributed by atoms with Crippen LogP contribution < -0.4 is 4.90 Å². The molecule has 0 saturated carbocycles. The van der Waals surface area contributed by atoms with E-state index in [9.17, 15) is 0 Å². The van der Waals surface area contributed by atoms with E-state index in [1.807, 2.05) is 12.1 Å². The zero-order valence-electron chi connectivity index (χ0n) is 27.9. The fraction of sp³-hybridized carbons (Fsp3) is 0. The third kappa shape index (κ3) is 5.81. The highest BCUT2D eigenvalue weighted by Crippen LogP contribution is 2.39. The van der Waals surface area contributed by atoms with E-state index in [2.05, 4.69) is 193 Å². The van der Waals surface area contributed by atoms with Crippen molar-refractivity contribution in [2.24, 2.45) is 0 Å². The maximum absolute atomic E-state index is 5.37. The van der Waals surface area contributed by atoms with Crippen molar-refractivity contribution in [1.82, 2.24) is 9.97 Å². The number of para-hydroxylation sites is 2. The second-order valence-corrected chi connectivity index (χ2v) is 12.6. The standard InChI is InChI=1S/C48H33N3/c1-5-15-36(16-6-1)46-47(37-17-7-2-8-18-37)50-48-44-33-38(26-25-35(44)29-32-45(48)49-46)43-24-14-13-23-42(43)34-27-30-41(31-28-34)51(39-19-9-3-10-20-39)40-21-11-4-12-22-40/h1-33H. The van der Waals surface area contributed by atoms with E-state index >= 15 is 0 Å². The van der Waals surface area contributed by atoms with Gasteiger partial charge in [0.15, 0.2) is 0 Å². The second-order valence-electron chi connectivity index (χ2n) is 12.6. The monoisotopic (exact) mass is 651 g/mol. The van der Waals surface area contributed by atoms with E-state index in [4.69, 9.17) is 9.97 Å². The van der Waals surface area contributed by atoms with Gasteiger partial charge in [-0.05, 0) is 76.2 Å². The first kappa shape index (κ1) is 30.2. The number of benzene rings is 8. The smallest absolute Gasteiger partial charge is 0.0973 e. The third-order valence-corrected chi connectivity index (χ3v) is 9.45. The molecule has 3 heteroatoms. The Balaban J connectivity index is 1.15. The van der Waals surface area contributed by atoms with Crippen LogP contribution in [0.5, 0.6) is 0 Å². The van der Waals surface area contributed by atoms with Gasteiger partial charge in [-0.2, -0.15) is 0 Å².